The number of carbonyl (C=O) groups is 1. The summed E-state index contributed by atoms with van der Waals surface area (Å²) in [6, 6.07) is 2.10. The van der Waals surface area contributed by atoms with Crippen LogP contribution in [0.15, 0.2) is 0 Å². The van der Waals surface area contributed by atoms with Crippen molar-refractivity contribution >= 4 is 15.9 Å². The number of nitrogens with one attached hydrogen (secondary N) is 2. The molecule has 7 heteroatoms. The van der Waals surface area contributed by atoms with E-state index in [0.29, 0.717) is 12.8 Å². The number of hydrogen-bond donors (Lipinski definition) is 2. The van der Waals surface area contributed by atoms with Crippen LogP contribution < -0.4 is 10.0 Å². The van der Waals surface area contributed by atoms with Crippen LogP contribution in [-0.2, 0) is 14.8 Å². The Morgan fingerprint density at radius 2 is 1.79 bits per heavy atom. The third-order valence-corrected chi connectivity index (χ3v) is 4.33. The van der Waals surface area contributed by atoms with E-state index in [9.17, 15) is 18.5 Å². The van der Waals surface area contributed by atoms with E-state index in [1.807, 2.05) is 13.8 Å². The molecule has 0 radical (unpaired) electrons. The van der Waals surface area contributed by atoms with Crippen molar-refractivity contribution in [2.75, 3.05) is 19.3 Å². The van der Waals surface area contributed by atoms with Crippen molar-refractivity contribution in [3.05, 3.63) is 0 Å². The summed E-state index contributed by atoms with van der Waals surface area (Å²) in [4.78, 5) is 12.1. The van der Waals surface area contributed by atoms with Crippen molar-refractivity contribution in [2.45, 2.75) is 39.5 Å². The minimum Gasteiger partial charge on any atom is -0.354 e. The molecule has 0 atom stereocenters. The Kier molecular flexibility index (Phi) is 7.64. The van der Waals surface area contributed by atoms with Crippen LogP contribution in [0.5, 0.6) is 0 Å². The SMILES string of the molecule is CCCC(C#N)(CCC)C(=O)NCCS(=O)(=O)NC. The molecule has 0 aromatic rings. The number of amides is 1. The zero-order valence-corrected chi connectivity index (χ0v) is 12.6. The van der Waals surface area contributed by atoms with Crippen LogP contribution in [0.2, 0.25) is 0 Å². The summed E-state index contributed by atoms with van der Waals surface area (Å²) < 4.78 is 24.6. The lowest BCUT2D eigenvalue weighted by Crippen LogP contribution is -2.42. The summed E-state index contributed by atoms with van der Waals surface area (Å²) in [5.41, 5.74) is -1.03. The highest BCUT2D eigenvalue weighted by molar-refractivity contribution is 7.89. The second-order valence-corrected chi connectivity index (χ2v) is 6.52. The summed E-state index contributed by atoms with van der Waals surface area (Å²) in [5.74, 6) is -0.556. The second-order valence-electron chi connectivity index (χ2n) is 4.47. The first-order valence-electron chi connectivity index (χ1n) is 6.48. The summed E-state index contributed by atoms with van der Waals surface area (Å²) in [6.07, 6.45) is 2.44. The lowest BCUT2D eigenvalue weighted by atomic mass is 9.80. The van der Waals surface area contributed by atoms with E-state index in [1.165, 1.54) is 7.05 Å². The van der Waals surface area contributed by atoms with Gasteiger partial charge in [0.05, 0.1) is 11.8 Å². The average Bonchev–Trinajstić information content (AvgIpc) is 2.38. The van der Waals surface area contributed by atoms with Gasteiger partial charge in [0.2, 0.25) is 15.9 Å². The van der Waals surface area contributed by atoms with Crippen molar-refractivity contribution in [2.24, 2.45) is 5.41 Å². The van der Waals surface area contributed by atoms with Crippen molar-refractivity contribution in [1.29, 1.82) is 5.26 Å². The summed E-state index contributed by atoms with van der Waals surface area (Å²) in [7, 11) is -2.02. The molecule has 0 saturated carbocycles. The van der Waals surface area contributed by atoms with E-state index in [4.69, 9.17) is 0 Å². The summed E-state index contributed by atoms with van der Waals surface area (Å²) in [5, 5.41) is 11.8. The minimum atomic E-state index is -3.34. The molecule has 0 aliphatic carbocycles. The molecule has 6 nitrogen and oxygen atoms in total. The van der Waals surface area contributed by atoms with E-state index in [2.05, 4.69) is 16.1 Å². The minimum absolute atomic E-state index is 0.0128. The van der Waals surface area contributed by atoms with Crippen LogP contribution in [0, 0.1) is 16.7 Å². The van der Waals surface area contributed by atoms with Crippen molar-refractivity contribution in [3.8, 4) is 6.07 Å². The standard InChI is InChI=1S/C12H23N3O3S/c1-4-6-12(10-13,7-5-2)11(16)15-8-9-19(17,18)14-3/h14H,4-9H2,1-3H3,(H,15,16). The van der Waals surface area contributed by atoms with Gasteiger partial charge in [-0.1, -0.05) is 26.7 Å². The Bertz CT molecular complexity index is 420. The third kappa shape index (κ3) is 5.57. The van der Waals surface area contributed by atoms with Crippen molar-refractivity contribution in [3.63, 3.8) is 0 Å². The number of hydrogen-bond acceptors (Lipinski definition) is 4. The normalized spacial score (nSPS) is 11.9. The molecule has 0 bridgehead atoms. The predicted molar refractivity (Wildman–Crippen MR) is 73.7 cm³/mol. The van der Waals surface area contributed by atoms with Gasteiger partial charge in [-0.2, -0.15) is 5.26 Å². The first-order chi connectivity index (χ1) is 8.87. The fraction of sp³-hybridized carbons (Fsp3) is 0.833. The Labute approximate surface area is 115 Å². The molecule has 0 aromatic heterocycles. The van der Waals surface area contributed by atoms with Crippen LogP contribution in [-0.4, -0.2) is 33.7 Å². The molecule has 0 fully saturated rings. The van der Waals surface area contributed by atoms with E-state index >= 15 is 0 Å². The zero-order chi connectivity index (χ0) is 14.9. The van der Waals surface area contributed by atoms with Crippen LogP contribution in [0.4, 0.5) is 0 Å². The maximum Gasteiger partial charge on any atom is 0.240 e. The molecule has 0 rings (SSSR count). The number of carbonyl (C=O) groups excluding carboxylic acids is 1. The maximum atomic E-state index is 12.1. The highest BCUT2D eigenvalue weighted by Gasteiger charge is 2.36. The quantitative estimate of drug-likeness (QED) is 0.654. The first-order valence-corrected chi connectivity index (χ1v) is 8.13. The molecule has 2 N–H and O–H groups in total. The maximum absolute atomic E-state index is 12.1. The number of nitriles is 1. The summed E-state index contributed by atoms with van der Waals surface area (Å²) in [6.45, 7) is 3.85. The molecule has 0 aliphatic heterocycles. The zero-order valence-electron chi connectivity index (χ0n) is 11.8. The van der Waals surface area contributed by atoms with Gasteiger partial charge in [0.1, 0.15) is 5.41 Å². The van der Waals surface area contributed by atoms with Gasteiger partial charge in [0.25, 0.3) is 0 Å². The lowest BCUT2D eigenvalue weighted by Gasteiger charge is -2.24. The van der Waals surface area contributed by atoms with Crippen LogP contribution in [0.3, 0.4) is 0 Å². The highest BCUT2D eigenvalue weighted by atomic mass is 32.2. The largest absolute Gasteiger partial charge is 0.354 e. The second kappa shape index (κ2) is 8.12. The number of sulfonamides is 1. The van der Waals surface area contributed by atoms with Crippen molar-refractivity contribution < 1.29 is 13.2 Å². The Morgan fingerprint density at radius 1 is 1.26 bits per heavy atom. The lowest BCUT2D eigenvalue weighted by molar-refractivity contribution is -0.128. The van der Waals surface area contributed by atoms with E-state index in [-0.39, 0.29) is 18.2 Å². The first kappa shape index (κ1) is 17.9. The molecule has 0 saturated heterocycles. The molecule has 19 heavy (non-hydrogen) atoms. The van der Waals surface area contributed by atoms with Gasteiger partial charge in [0, 0.05) is 6.54 Å². The third-order valence-electron chi connectivity index (χ3n) is 2.97. The Balaban J connectivity index is 4.63. The molecule has 0 heterocycles. The van der Waals surface area contributed by atoms with Crippen LogP contribution in [0.25, 0.3) is 0 Å². The van der Waals surface area contributed by atoms with Crippen LogP contribution >= 0.6 is 0 Å². The van der Waals surface area contributed by atoms with E-state index in [0.717, 1.165) is 12.8 Å². The molecular formula is C12H23N3O3S. The predicted octanol–water partition coefficient (Wildman–Crippen LogP) is 0.762. The number of rotatable bonds is 9. The van der Waals surface area contributed by atoms with E-state index in [1.54, 1.807) is 0 Å². The highest BCUT2D eigenvalue weighted by Crippen LogP contribution is 2.29. The van der Waals surface area contributed by atoms with Gasteiger partial charge in [-0.05, 0) is 19.9 Å². The van der Waals surface area contributed by atoms with Gasteiger partial charge in [-0.25, -0.2) is 13.1 Å². The molecule has 110 valence electrons. The van der Waals surface area contributed by atoms with Gasteiger partial charge >= 0.3 is 0 Å². The Hall–Kier alpha value is -1.13. The van der Waals surface area contributed by atoms with Crippen LogP contribution in [0.1, 0.15) is 39.5 Å². The van der Waals surface area contributed by atoms with Gasteiger partial charge in [-0.3, -0.25) is 4.79 Å². The van der Waals surface area contributed by atoms with Gasteiger partial charge in [-0.15, -0.1) is 0 Å². The molecule has 1 amide bonds. The monoisotopic (exact) mass is 289 g/mol. The Morgan fingerprint density at radius 3 is 2.16 bits per heavy atom. The fourth-order valence-electron chi connectivity index (χ4n) is 1.94. The molecular weight excluding hydrogens is 266 g/mol. The van der Waals surface area contributed by atoms with Crippen molar-refractivity contribution in [1.82, 2.24) is 10.0 Å². The molecule has 0 spiro atoms. The average molecular weight is 289 g/mol. The van der Waals surface area contributed by atoms with Gasteiger partial charge in [0.15, 0.2) is 0 Å². The topological polar surface area (TPSA) is 99.1 Å². The molecule has 0 aliphatic rings. The number of nitrogens with zero attached hydrogens (tertiary/aromatic N) is 1. The summed E-state index contributed by atoms with van der Waals surface area (Å²) >= 11 is 0. The van der Waals surface area contributed by atoms with E-state index < -0.39 is 15.4 Å². The smallest absolute Gasteiger partial charge is 0.240 e. The van der Waals surface area contributed by atoms with Gasteiger partial charge < -0.3 is 5.32 Å². The fourth-order valence-corrected chi connectivity index (χ4v) is 2.51. The molecule has 0 aromatic carbocycles. The molecule has 0 unspecified atom stereocenters.